The highest BCUT2D eigenvalue weighted by atomic mass is 31.1. The molecule has 0 saturated carbocycles. The normalized spacial score (nSPS) is 17.9. The molecule has 10 nitrogen and oxygen atoms in total. The maximum atomic E-state index is 12.3. The molecule has 0 spiro atoms. The standard InChI is InChI=1S/C25H42N3O7P/c1-2-3-4-5-6-7-8-9-10-11-12-13-14-15-18-33-23-22(35-36(31)32)20(19-29)34-24(23)28-17-16-21(26)27-25(28)30/h16-17,23-24,29H,2-15,18-19H2,1H3,(H2-,26,27,30,31,32)/p+1. The molecule has 2 rings (SSSR count). The molecular formula is C25H43N3O7P+. The molecule has 0 aromatic carbocycles. The number of aliphatic hydroxyl groups is 1. The summed E-state index contributed by atoms with van der Waals surface area (Å²) >= 11 is 0. The highest BCUT2D eigenvalue weighted by molar-refractivity contribution is 7.32. The summed E-state index contributed by atoms with van der Waals surface area (Å²) in [5.41, 5.74) is 4.89. The molecule has 0 fully saturated rings. The third-order valence-electron chi connectivity index (χ3n) is 6.30. The van der Waals surface area contributed by atoms with Crippen LogP contribution in [0.4, 0.5) is 5.82 Å². The van der Waals surface area contributed by atoms with E-state index >= 15 is 0 Å². The lowest BCUT2D eigenvalue weighted by atomic mass is 10.0. The number of nitrogens with zero attached hydrogens (tertiary/aromatic N) is 2. The number of hydrogen-bond donors (Lipinski definition) is 3. The van der Waals surface area contributed by atoms with Crippen LogP contribution in [0.15, 0.2) is 28.6 Å². The van der Waals surface area contributed by atoms with Crippen LogP contribution >= 0.6 is 8.25 Å². The van der Waals surface area contributed by atoms with E-state index in [4.69, 9.17) is 19.7 Å². The van der Waals surface area contributed by atoms with Gasteiger partial charge in [-0.15, -0.1) is 4.89 Å². The first kappa shape index (κ1) is 30.2. The predicted octanol–water partition coefficient (Wildman–Crippen LogP) is 5.09. The molecule has 204 valence electrons. The first-order valence-electron chi connectivity index (χ1n) is 13.3. The second-order valence-corrected chi connectivity index (χ2v) is 9.87. The van der Waals surface area contributed by atoms with Crippen LogP contribution in [-0.2, 0) is 18.6 Å². The molecule has 3 atom stereocenters. The van der Waals surface area contributed by atoms with Gasteiger partial charge in [-0.05, 0) is 12.5 Å². The summed E-state index contributed by atoms with van der Waals surface area (Å²) in [4.78, 5) is 25.3. The van der Waals surface area contributed by atoms with E-state index in [-0.39, 0.29) is 17.3 Å². The molecule has 1 aliphatic heterocycles. The van der Waals surface area contributed by atoms with Crippen LogP contribution in [0.3, 0.4) is 0 Å². The molecular weight excluding hydrogens is 485 g/mol. The number of ether oxygens (including phenoxy) is 2. The monoisotopic (exact) mass is 528 g/mol. The fourth-order valence-corrected chi connectivity index (χ4v) is 4.72. The zero-order chi connectivity index (χ0) is 26.2. The number of nitrogen functional groups attached to an aromatic ring is 1. The average Bonchev–Trinajstić information content (AvgIpc) is 3.17. The molecule has 1 aromatic rings. The smallest absolute Gasteiger partial charge is 0.465 e. The number of hydrogen-bond acceptors (Lipinski definition) is 8. The minimum Gasteiger partial charge on any atom is -0.465 e. The number of nitrogens with two attached hydrogens (primary N) is 1. The van der Waals surface area contributed by atoms with Gasteiger partial charge in [0.25, 0.3) is 0 Å². The quantitative estimate of drug-likeness (QED) is 0.155. The lowest BCUT2D eigenvalue weighted by Gasteiger charge is -2.21. The molecule has 36 heavy (non-hydrogen) atoms. The Bertz CT molecular complexity index is 877. The van der Waals surface area contributed by atoms with E-state index in [9.17, 15) is 19.4 Å². The van der Waals surface area contributed by atoms with E-state index in [1.54, 1.807) is 0 Å². The summed E-state index contributed by atoms with van der Waals surface area (Å²) < 4.78 is 29.0. The molecule has 3 unspecified atom stereocenters. The summed E-state index contributed by atoms with van der Waals surface area (Å²) in [6.45, 7) is 2.01. The van der Waals surface area contributed by atoms with Gasteiger partial charge in [-0.2, -0.15) is 4.98 Å². The summed E-state index contributed by atoms with van der Waals surface area (Å²) in [7, 11) is -3.01. The van der Waals surface area contributed by atoms with Gasteiger partial charge in [-0.1, -0.05) is 90.4 Å². The van der Waals surface area contributed by atoms with Gasteiger partial charge in [-0.3, -0.25) is 4.57 Å². The molecule has 0 aliphatic carbocycles. The Labute approximate surface area is 214 Å². The largest absolute Gasteiger partial charge is 0.747 e. The number of rotatable bonds is 20. The minimum atomic E-state index is -3.01. The van der Waals surface area contributed by atoms with Crippen LogP contribution in [0.2, 0.25) is 0 Å². The number of unbranched alkanes of at least 4 members (excludes halogenated alkanes) is 13. The maximum Gasteiger partial charge on any atom is 0.747 e. The van der Waals surface area contributed by atoms with Crippen molar-refractivity contribution in [3.05, 3.63) is 34.3 Å². The number of aliphatic hydroxyl groups excluding tert-OH is 1. The van der Waals surface area contributed by atoms with E-state index < -0.39 is 32.9 Å². The Balaban J connectivity index is 1.71. The van der Waals surface area contributed by atoms with Gasteiger partial charge in [0, 0.05) is 17.4 Å². The van der Waals surface area contributed by atoms with Crippen molar-refractivity contribution in [2.24, 2.45) is 0 Å². The first-order chi connectivity index (χ1) is 17.5. The summed E-state index contributed by atoms with van der Waals surface area (Å²) in [5.74, 6) is -0.105. The van der Waals surface area contributed by atoms with Gasteiger partial charge in [-0.25, -0.2) is 9.32 Å². The van der Waals surface area contributed by atoms with Gasteiger partial charge >= 0.3 is 13.9 Å². The molecule has 1 aromatic heterocycles. The van der Waals surface area contributed by atoms with Crippen LogP contribution in [0.1, 0.15) is 103 Å². The van der Waals surface area contributed by atoms with Crippen molar-refractivity contribution in [3.8, 4) is 0 Å². The van der Waals surface area contributed by atoms with Crippen LogP contribution in [-0.4, -0.2) is 38.9 Å². The van der Waals surface area contributed by atoms with Gasteiger partial charge in [0.15, 0.2) is 11.9 Å². The maximum absolute atomic E-state index is 12.3. The Morgan fingerprint density at radius 2 is 1.58 bits per heavy atom. The summed E-state index contributed by atoms with van der Waals surface area (Å²) in [6.07, 6.45) is 16.7. The molecule has 0 radical (unpaired) electrons. The van der Waals surface area contributed by atoms with Crippen molar-refractivity contribution in [1.29, 1.82) is 0 Å². The van der Waals surface area contributed by atoms with Crippen LogP contribution < -0.4 is 11.4 Å². The highest BCUT2D eigenvalue weighted by Crippen LogP contribution is 2.39. The lowest BCUT2D eigenvalue weighted by Crippen LogP contribution is -2.34. The molecule has 0 amide bonds. The fourth-order valence-electron chi connectivity index (χ4n) is 4.34. The summed E-state index contributed by atoms with van der Waals surface area (Å²) in [5, 5.41) is 9.63. The Morgan fingerprint density at radius 1 is 1.03 bits per heavy atom. The average molecular weight is 529 g/mol. The SMILES string of the molecule is CCCCCCCCCCCCCCCCOC1C(O[P+](=O)O)=C(CO)OC1n1ccc(N)nc1=O. The lowest BCUT2D eigenvalue weighted by molar-refractivity contribution is -0.0555. The second-order valence-electron chi connectivity index (χ2n) is 9.21. The molecule has 11 heteroatoms. The minimum absolute atomic E-state index is 0.0550. The third kappa shape index (κ3) is 10.5. The zero-order valence-electron chi connectivity index (χ0n) is 21.5. The van der Waals surface area contributed by atoms with E-state index in [2.05, 4.69) is 11.9 Å². The fraction of sp³-hybridized carbons (Fsp3) is 0.760. The van der Waals surface area contributed by atoms with Gasteiger partial charge in [0.2, 0.25) is 12.0 Å². The number of anilines is 1. The van der Waals surface area contributed by atoms with Crippen molar-refractivity contribution in [2.45, 2.75) is 109 Å². The van der Waals surface area contributed by atoms with Crippen molar-refractivity contribution in [2.75, 3.05) is 18.9 Å². The highest BCUT2D eigenvalue weighted by Gasteiger charge is 2.45. The van der Waals surface area contributed by atoms with Gasteiger partial charge in [0.1, 0.15) is 12.4 Å². The first-order valence-corrected chi connectivity index (χ1v) is 14.4. The Hall–Kier alpha value is -2.00. The van der Waals surface area contributed by atoms with Crippen molar-refractivity contribution < 1.29 is 28.6 Å². The molecule has 1 aliphatic rings. The molecule has 4 N–H and O–H groups in total. The van der Waals surface area contributed by atoms with Crippen molar-refractivity contribution in [1.82, 2.24) is 9.55 Å². The number of aromatic nitrogens is 2. The van der Waals surface area contributed by atoms with Crippen LogP contribution in [0.5, 0.6) is 0 Å². The van der Waals surface area contributed by atoms with Crippen LogP contribution in [0, 0.1) is 0 Å². The Morgan fingerprint density at radius 3 is 2.08 bits per heavy atom. The van der Waals surface area contributed by atoms with Gasteiger partial charge < -0.3 is 20.3 Å². The molecule has 0 saturated heterocycles. The molecule has 2 heterocycles. The van der Waals surface area contributed by atoms with Crippen molar-refractivity contribution >= 4 is 14.1 Å². The third-order valence-corrected chi connectivity index (χ3v) is 6.65. The van der Waals surface area contributed by atoms with Crippen molar-refractivity contribution in [3.63, 3.8) is 0 Å². The summed E-state index contributed by atoms with van der Waals surface area (Å²) in [6, 6.07) is 1.43. The van der Waals surface area contributed by atoms with Gasteiger partial charge in [0.05, 0.1) is 0 Å². The molecule has 0 bridgehead atoms. The van der Waals surface area contributed by atoms with E-state index in [0.717, 1.165) is 23.8 Å². The van der Waals surface area contributed by atoms with E-state index in [0.29, 0.717) is 6.61 Å². The van der Waals surface area contributed by atoms with E-state index in [1.807, 2.05) is 0 Å². The Kier molecular flexibility index (Phi) is 14.7. The van der Waals surface area contributed by atoms with E-state index in [1.165, 1.54) is 82.9 Å². The van der Waals surface area contributed by atoms with Crippen LogP contribution in [0.25, 0.3) is 0 Å². The second kappa shape index (κ2) is 17.5. The predicted molar refractivity (Wildman–Crippen MR) is 138 cm³/mol. The zero-order valence-corrected chi connectivity index (χ0v) is 22.4. The topological polar surface area (TPSA) is 146 Å².